The van der Waals surface area contributed by atoms with Gasteiger partial charge in [0, 0.05) is 25.0 Å². The highest BCUT2D eigenvalue weighted by molar-refractivity contribution is 5.94. The molecule has 22 heavy (non-hydrogen) atoms. The van der Waals surface area contributed by atoms with Crippen LogP contribution in [0.2, 0.25) is 0 Å². The molecule has 0 aliphatic carbocycles. The summed E-state index contributed by atoms with van der Waals surface area (Å²) in [7, 11) is 0. The number of ether oxygens (including phenoxy) is 1. The van der Waals surface area contributed by atoms with Gasteiger partial charge in [0.2, 0.25) is 11.8 Å². The first-order chi connectivity index (χ1) is 10.7. The van der Waals surface area contributed by atoms with Crippen LogP contribution < -0.4 is 10.5 Å². The summed E-state index contributed by atoms with van der Waals surface area (Å²) in [4.78, 5) is 26.6. The fourth-order valence-electron chi connectivity index (χ4n) is 2.41. The standard InChI is InChI=1S/C15H17N5O2/c1-2-22-13-4-3-11(8-17-13)14(21)20-6-5-10-7-18-15(16)19-12(10)9-20/h3-4,7-8H,2,5-6,9H2,1H3,(H2,16,18,19). The topological polar surface area (TPSA) is 94.2 Å². The molecule has 2 aromatic rings. The van der Waals surface area contributed by atoms with E-state index in [0.717, 1.165) is 17.7 Å². The SMILES string of the molecule is CCOc1ccc(C(=O)N2CCc3cnc(N)nc3C2)cn1. The van der Waals surface area contributed by atoms with Gasteiger partial charge in [0.05, 0.1) is 24.4 Å². The normalized spacial score (nSPS) is 13.6. The van der Waals surface area contributed by atoms with E-state index in [1.807, 2.05) is 6.92 Å². The third-order valence-corrected chi connectivity index (χ3v) is 3.53. The number of fused-ring (bicyclic) bond motifs is 1. The molecular weight excluding hydrogens is 282 g/mol. The second kappa shape index (κ2) is 5.97. The fourth-order valence-corrected chi connectivity index (χ4v) is 2.41. The molecule has 7 heteroatoms. The minimum atomic E-state index is -0.0709. The Labute approximate surface area is 128 Å². The summed E-state index contributed by atoms with van der Waals surface area (Å²) >= 11 is 0. The van der Waals surface area contributed by atoms with Crippen molar-refractivity contribution in [2.45, 2.75) is 19.9 Å². The number of anilines is 1. The molecule has 114 valence electrons. The van der Waals surface area contributed by atoms with Crippen molar-refractivity contribution >= 4 is 11.9 Å². The first-order valence-corrected chi connectivity index (χ1v) is 7.15. The van der Waals surface area contributed by atoms with E-state index in [1.165, 1.54) is 6.20 Å². The maximum absolute atomic E-state index is 12.5. The first-order valence-electron chi connectivity index (χ1n) is 7.15. The summed E-state index contributed by atoms with van der Waals surface area (Å²) in [5, 5.41) is 0. The van der Waals surface area contributed by atoms with Gasteiger partial charge >= 0.3 is 0 Å². The number of hydrogen-bond donors (Lipinski definition) is 1. The van der Waals surface area contributed by atoms with Crippen molar-refractivity contribution in [1.82, 2.24) is 19.9 Å². The molecule has 0 saturated carbocycles. The molecule has 2 aromatic heterocycles. The molecule has 3 rings (SSSR count). The number of amides is 1. The zero-order chi connectivity index (χ0) is 15.5. The van der Waals surface area contributed by atoms with Crippen LogP contribution in [0.25, 0.3) is 0 Å². The molecule has 3 heterocycles. The monoisotopic (exact) mass is 299 g/mol. The summed E-state index contributed by atoms with van der Waals surface area (Å²) < 4.78 is 5.28. The number of nitrogen functional groups attached to an aromatic ring is 1. The number of aromatic nitrogens is 3. The van der Waals surface area contributed by atoms with E-state index in [4.69, 9.17) is 10.5 Å². The summed E-state index contributed by atoms with van der Waals surface area (Å²) in [6, 6.07) is 3.43. The molecule has 1 aliphatic heterocycles. The van der Waals surface area contributed by atoms with Crippen molar-refractivity contribution in [3.63, 3.8) is 0 Å². The van der Waals surface area contributed by atoms with Crippen LogP contribution in [-0.4, -0.2) is 38.9 Å². The largest absolute Gasteiger partial charge is 0.478 e. The zero-order valence-electron chi connectivity index (χ0n) is 12.3. The number of pyridine rings is 1. The zero-order valence-corrected chi connectivity index (χ0v) is 12.3. The van der Waals surface area contributed by atoms with Crippen molar-refractivity contribution in [1.29, 1.82) is 0 Å². The van der Waals surface area contributed by atoms with Gasteiger partial charge in [-0.25, -0.2) is 15.0 Å². The Hall–Kier alpha value is -2.70. The Morgan fingerprint density at radius 2 is 2.23 bits per heavy atom. The van der Waals surface area contributed by atoms with E-state index in [2.05, 4.69) is 15.0 Å². The Kier molecular flexibility index (Phi) is 3.86. The minimum absolute atomic E-state index is 0.0709. The number of carbonyl (C=O) groups is 1. The van der Waals surface area contributed by atoms with Gasteiger partial charge in [-0.15, -0.1) is 0 Å². The number of rotatable bonds is 3. The van der Waals surface area contributed by atoms with Crippen LogP contribution in [0.3, 0.4) is 0 Å². The lowest BCUT2D eigenvalue weighted by atomic mass is 10.1. The Morgan fingerprint density at radius 1 is 1.36 bits per heavy atom. The molecule has 0 radical (unpaired) electrons. The molecule has 0 aromatic carbocycles. The average molecular weight is 299 g/mol. The Bertz CT molecular complexity index is 687. The lowest BCUT2D eigenvalue weighted by Crippen LogP contribution is -2.36. The second-order valence-electron chi connectivity index (χ2n) is 4.99. The molecule has 0 atom stereocenters. The van der Waals surface area contributed by atoms with Crippen LogP contribution in [0.5, 0.6) is 5.88 Å². The maximum atomic E-state index is 12.5. The highest BCUT2D eigenvalue weighted by atomic mass is 16.5. The van der Waals surface area contributed by atoms with Gasteiger partial charge in [0.15, 0.2) is 0 Å². The van der Waals surface area contributed by atoms with Crippen molar-refractivity contribution in [2.24, 2.45) is 0 Å². The summed E-state index contributed by atoms with van der Waals surface area (Å²) in [6.07, 6.45) is 4.00. The van der Waals surface area contributed by atoms with Gasteiger partial charge in [-0.3, -0.25) is 4.79 Å². The quantitative estimate of drug-likeness (QED) is 0.910. The third kappa shape index (κ3) is 2.83. The molecule has 0 saturated heterocycles. The Balaban J connectivity index is 1.75. The van der Waals surface area contributed by atoms with Crippen LogP contribution in [0.15, 0.2) is 24.5 Å². The van der Waals surface area contributed by atoms with Gasteiger partial charge in [-0.1, -0.05) is 0 Å². The number of nitrogens with two attached hydrogens (primary N) is 1. The number of hydrogen-bond acceptors (Lipinski definition) is 6. The van der Waals surface area contributed by atoms with Crippen LogP contribution in [0.4, 0.5) is 5.95 Å². The summed E-state index contributed by atoms with van der Waals surface area (Å²) in [5.41, 5.74) is 8.00. The Morgan fingerprint density at radius 3 is 2.95 bits per heavy atom. The van der Waals surface area contributed by atoms with Crippen LogP contribution in [0, 0.1) is 0 Å². The van der Waals surface area contributed by atoms with Crippen molar-refractivity contribution < 1.29 is 9.53 Å². The molecule has 1 amide bonds. The van der Waals surface area contributed by atoms with Crippen LogP contribution in [0.1, 0.15) is 28.5 Å². The predicted molar refractivity (Wildman–Crippen MR) is 80.3 cm³/mol. The molecule has 7 nitrogen and oxygen atoms in total. The molecular formula is C15H17N5O2. The number of carbonyl (C=O) groups excluding carboxylic acids is 1. The third-order valence-electron chi connectivity index (χ3n) is 3.53. The molecule has 2 N–H and O–H groups in total. The maximum Gasteiger partial charge on any atom is 0.255 e. The van der Waals surface area contributed by atoms with E-state index < -0.39 is 0 Å². The lowest BCUT2D eigenvalue weighted by molar-refractivity contribution is 0.0731. The van der Waals surface area contributed by atoms with Gasteiger partial charge in [-0.2, -0.15) is 0 Å². The van der Waals surface area contributed by atoms with Crippen molar-refractivity contribution in [2.75, 3.05) is 18.9 Å². The van der Waals surface area contributed by atoms with Gasteiger partial charge in [0.1, 0.15) is 0 Å². The van der Waals surface area contributed by atoms with Crippen molar-refractivity contribution in [3.8, 4) is 5.88 Å². The lowest BCUT2D eigenvalue weighted by Gasteiger charge is -2.27. The van der Waals surface area contributed by atoms with Gasteiger partial charge < -0.3 is 15.4 Å². The molecule has 0 spiro atoms. The van der Waals surface area contributed by atoms with E-state index >= 15 is 0 Å². The molecule has 0 bridgehead atoms. The average Bonchev–Trinajstić information content (AvgIpc) is 2.54. The number of nitrogens with zero attached hydrogens (tertiary/aromatic N) is 4. The van der Waals surface area contributed by atoms with Crippen molar-refractivity contribution in [3.05, 3.63) is 41.3 Å². The van der Waals surface area contributed by atoms with Crippen LogP contribution >= 0.6 is 0 Å². The first kappa shape index (κ1) is 14.2. The summed E-state index contributed by atoms with van der Waals surface area (Å²) in [5.74, 6) is 0.678. The van der Waals surface area contributed by atoms with Gasteiger partial charge in [0.25, 0.3) is 5.91 Å². The highest BCUT2D eigenvalue weighted by Gasteiger charge is 2.23. The predicted octanol–water partition coefficient (Wildman–Crippen LogP) is 1.05. The smallest absolute Gasteiger partial charge is 0.255 e. The highest BCUT2D eigenvalue weighted by Crippen LogP contribution is 2.19. The second-order valence-corrected chi connectivity index (χ2v) is 4.99. The van der Waals surface area contributed by atoms with E-state index in [9.17, 15) is 4.79 Å². The summed E-state index contributed by atoms with van der Waals surface area (Å²) in [6.45, 7) is 3.50. The van der Waals surface area contributed by atoms with Gasteiger partial charge in [-0.05, 0) is 25.0 Å². The van der Waals surface area contributed by atoms with E-state index in [1.54, 1.807) is 23.2 Å². The van der Waals surface area contributed by atoms with E-state index in [0.29, 0.717) is 31.1 Å². The minimum Gasteiger partial charge on any atom is -0.478 e. The molecule has 0 unspecified atom stereocenters. The molecule has 0 fully saturated rings. The molecule has 1 aliphatic rings. The van der Waals surface area contributed by atoms with Crippen LogP contribution in [-0.2, 0) is 13.0 Å². The fraction of sp³-hybridized carbons (Fsp3) is 0.333. The van der Waals surface area contributed by atoms with E-state index in [-0.39, 0.29) is 11.9 Å².